The van der Waals surface area contributed by atoms with E-state index in [4.69, 9.17) is 4.74 Å². The van der Waals surface area contributed by atoms with Gasteiger partial charge in [0.05, 0.1) is 6.04 Å². The Balaban J connectivity index is 1.54. The van der Waals surface area contributed by atoms with Crippen LogP contribution in [0, 0.1) is 5.92 Å². The van der Waals surface area contributed by atoms with Crippen LogP contribution in [0.3, 0.4) is 0 Å². The topological polar surface area (TPSA) is 114 Å². The molecule has 3 atom stereocenters. The lowest BCUT2D eigenvalue weighted by atomic mass is 9.84. The van der Waals surface area contributed by atoms with E-state index in [9.17, 15) is 19.2 Å². The minimum atomic E-state index is -1.82. The van der Waals surface area contributed by atoms with Gasteiger partial charge in [0.2, 0.25) is 5.91 Å². The Morgan fingerprint density at radius 3 is 1.95 bits per heavy atom. The standard InChI is InChI=1S/C31H33N3O5/c1-21(2)26(33-30(38)39-20-24-16-10-5-11-17-24)28(36)34-31(19-23-14-8-4-9-15-23)27(35)25(32-29(31)37)18-22-12-6-3-7-13-22/h3-17,21,25-26H,18-20H2,1-2H3,(H,32,37)(H,33,38)(H,34,36)/t25?,26-,31?/m0/s1. The van der Waals surface area contributed by atoms with Gasteiger partial charge < -0.3 is 20.7 Å². The number of ketones is 1. The molecule has 1 heterocycles. The van der Waals surface area contributed by atoms with Crippen molar-refractivity contribution in [2.45, 2.75) is 50.9 Å². The minimum Gasteiger partial charge on any atom is -0.445 e. The van der Waals surface area contributed by atoms with Gasteiger partial charge in [0.25, 0.3) is 5.91 Å². The average molecular weight is 528 g/mol. The van der Waals surface area contributed by atoms with E-state index >= 15 is 0 Å². The van der Waals surface area contributed by atoms with Crippen molar-refractivity contribution in [3.05, 3.63) is 108 Å². The predicted octanol–water partition coefficient (Wildman–Crippen LogP) is 3.35. The molecule has 1 saturated heterocycles. The van der Waals surface area contributed by atoms with Crippen molar-refractivity contribution in [2.24, 2.45) is 5.92 Å². The van der Waals surface area contributed by atoms with Gasteiger partial charge in [-0.25, -0.2) is 4.79 Å². The molecule has 1 fully saturated rings. The van der Waals surface area contributed by atoms with Gasteiger partial charge in [-0.1, -0.05) is 105 Å². The van der Waals surface area contributed by atoms with Crippen LogP contribution in [-0.4, -0.2) is 41.3 Å². The zero-order valence-corrected chi connectivity index (χ0v) is 22.1. The summed E-state index contributed by atoms with van der Waals surface area (Å²) in [6.07, 6.45) is -0.483. The van der Waals surface area contributed by atoms with Gasteiger partial charge >= 0.3 is 6.09 Å². The molecule has 3 amide bonds. The van der Waals surface area contributed by atoms with Crippen molar-refractivity contribution in [1.82, 2.24) is 16.0 Å². The fourth-order valence-corrected chi connectivity index (χ4v) is 4.70. The molecule has 0 aromatic heterocycles. The lowest BCUT2D eigenvalue weighted by molar-refractivity contribution is -0.138. The van der Waals surface area contributed by atoms with E-state index in [1.54, 1.807) is 26.0 Å². The Labute approximate surface area is 228 Å². The molecule has 0 aliphatic carbocycles. The van der Waals surface area contributed by atoms with Crippen LogP contribution in [-0.2, 0) is 38.6 Å². The van der Waals surface area contributed by atoms with Crippen LogP contribution in [0.15, 0.2) is 91.0 Å². The third kappa shape index (κ3) is 6.71. The molecule has 3 aromatic rings. The Morgan fingerprint density at radius 2 is 1.38 bits per heavy atom. The molecular formula is C31H33N3O5. The van der Waals surface area contributed by atoms with Gasteiger partial charge in [-0.15, -0.1) is 0 Å². The number of rotatable bonds is 10. The van der Waals surface area contributed by atoms with Gasteiger partial charge in [0, 0.05) is 6.42 Å². The number of alkyl carbamates (subject to hydrolysis) is 1. The van der Waals surface area contributed by atoms with E-state index in [0.29, 0.717) is 6.42 Å². The third-order valence-electron chi connectivity index (χ3n) is 6.80. The van der Waals surface area contributed by atoms with E-state index in [2.05, 4.69) is 16.0 Å². The summed E-state index contributed by atoms with van der Waals surface area (Å²) in [5.74, 6) is -1.97. The van der Waals surface area contributed by atoms with Crippen molar-refractivity contribution in [2.75, 3.05) is 0 Å². The second-order valence-electron chi connectivity index (χ2n) is 10.1. The van der Waals surface area contributed by atoms with Crippen LogP contribution in [0.2, 0.25) is 0 Å². The van der Waals surface area contributed by atoms with Crippen LogP contribution < -0.4 is 16.0 Å². The van der Waals surface area contributed by atoms with Gasteiger partial charge in [-0.05, 0) is 29.0 Å². The van der Waals surface area contributed by atoms with Crippen molar-refractivity contribution >= 4 is 23.7 Å². The maximum atomic E-state index is 13.8. The highest BCUT2D eigenvalue weighted by Gasteiger charge is 2.56. The summed E-state index contributed by atoms with van der Waals surface area (Å²) in [6, 6.07) is 25.8. The maximum Gasteiger partial charge on any atom is 0.408 e. The largest absolute Gasteiger partial charge is 0.445 e. The second kappa shape index (κ2) is 12.4. The molecular weight excluding hydrogens is 494 g/mol. The predicted molar refractivity (Wildman–Crippen MR) is 146 cm³/mol. The molecule has 202 valence electrons. The van der Waals surface area contributed by atoms with Crippen LogP contribution in [0.1, 0.15) is 30.5 Å². The van der Waals surface area contributed by atoms with Gasteiger partial charge in [0.1, 0.15) is 12.6 Å². The van der Waals surface area contributed by atoms with E-state index in [0.717, 1.165) is 16.7 Å². The Hall–Kier alpha value is -4.46. The lowest BCUT2D eigenvalue weighted by Crippen LogP contribution is -2.64. The highest BCUT2D eigenvalue weighted by molar-refractivity contribution is 6.20. The molecule has 3 aromatic carbocycles. The fourth-order valence-electron chi connectivity index (χ4n) is 4.70. The van der Waals surface area contributed by atoms with Crippen LogP contribution in [0.5, 0.6) is 0 Å². The number of benzene rings is 3. The first kappa shape index (κ1) is 27.6. The number of Topliss-reactive ketones (excluding diaryl/α,β-unsaturated/α-hetero) is 1. The SMILES string of the molecule is CC(C)[C@H](NC(=O)OCc1ccccc1)C(=O)NC1(Cc2ccccc2)C(=O)NC(Cc2ccccc2)C1=O. The Morgan fingerprint density at radius 1 is 0.846 bits per heavy atom. The molecule has 3 N–H and O–H groups in total. The van der Waals surface area contributed by atoms with E-state index in [1.807, 2.05) is 78.9 Å². The molecule has 0 bridgehead atoms. The number of carbonyl (C=O) groups excluding carboxylic acids is 4. The first-order chi connectivity index (χ1) is 18.8. The quantitative estimate of drug-likeness (QED) is 0.350. The average Bonchev–Trinajstić information content (AvgIpc) is 3.15. The van der Waals surface area contributed by atoms with E-state index in [-0.39, 0.29) is 18.9 Å². The molecule has 2 unspecified atom stereocenters. The summed E-state index contributed by atoms with van der Waals surface area (Å²) < 4.78 is 5.30. The van der Waals surface area contributed by atoms with Gasteiger partial charge in [0.15, 0.2) is 11.3 Å². The summed E-state index contributed by atoms with van der Waals surface area (Å²) >= 11 is 0. The summed E-state index contributed by atoms with van der Waals surface area (Å²) in [5, 5.41) is 8.15. The van der Waals surface area contributed by atoms with Crippen molar-refractivity contribution in [1.29, 1.82) is 0 Å². The minimum absolute atomic E-state index is 0.0151. The van der Waals surface area contributed by atoms with Crippen LogP contribution in [0.25, 0.3) is 0 Å². The van der Waals surface area contributed by atoms with Gasteiger partial charge in [-0.3, -0.25) is 14.4 Å². The van der Waals surface area contributed by atoms with E-state index in [1.165, 1.54) is 0 Å². The summed E-state index contributed by atoms with van der Waals surface area (Å²) in [5.41, 5.74) is 0.595. The number of carbonyl (C=O) groups is 4. The maximum absolute atomic E-state index is 13.8. The molecule has 0 spiro atoms. The van der Waals surface area contributed by atoms with Gasteiger partial charge in [-0.2, -0.15) is 0 Å². The Kier molecular flexibility index (Phi) is 8.76. The monoisotopic (exact) mass is 527 g/mol. The zero-order valence-electron chi connectivity index (χ0n) is 22.1. The first-order valence-corrected chi connectivity index (χ1v) is 13.0. The molecule has 39 heavy (non-hydrogen) atoms. The Bertz CT molecular complexity index is 1300. The molecule has 0 saturated carbocycles. The molecule has 0 radical (unpaired) electrons. The summed E-state index contributed by atoms with van der Waals surface area (Å²) in [6.45, 7) is 3.57. The van der Waals surface area contributed by atoms with Crippen molar-refractivity contribution in [3.63, 3.8) is 0 Å². The second-order valence-corrected chi connectivity index (χ2v) is 10.1. The van der Waals surface area contributed by atoms with Crippen molar-refractivity contribution in [3.8, 4) is 0 Å². The van der Waals surface area contributed by atoms with E-state index < -0.39 is 41.3 Å². The molecule has 8 nitrogen and oxygen atoms in total. The number of nitrogens with one attached hydrogen (secondary N) is 3. The third-order valence-corrected chi connectivity index (χ3v) is 6.80. The number of ether oxygens (including phenoxy) is 1. The highest BCUT2D eigenvalue weighted by atomic mass is 16.5. The zero-order chi connectivity index (χ0) is 27.8. The molecule has 1 aliphatic heterocycles. The van der Waals surface area contributed by atoms with Crippen molar-refractivity contribution < 1.29 is 23.9 Å². The normalized spacial score (nSPS) is 19.3. The van der Waals surface area contributed by atoms with Crippen LogP contribution in [0.4, 0.5) is 4.79 Å². The number of hydrogen-bond donors (Lipinski definition) is 3. The summed E-state index contributed by atoms with van der Waals surface area (Å²) in [7, 11) is 0. The first-order valence-electron chi connectivity index (χ1n) is 13.0. The molecule has 8 heteroatoms. The molecule has 1 aliphatic rings. The smallest absolute Gasteiger partial charge is 0.408 e. The fraction of sp³-hybridized carbons (Fsp3) is 0.290. The highest BCUT2D eigenvalue weighted by Crippen LogP contribution is 2.25. The van der Waals surface area contributed by atoms with Crippen LogP contribution >= 0.6 is 0 Å². The molecule has 4 rings (SSSR count). The number of hydrogen-bond acceptors (Lipinski definition) is 5. The summed E-state index contributed by atoms with van der Waals surface area (Å²) in [4.78, 5) is 53.5. The number of amides is 3. The lowest BCUT2D eigenvalue weighted by Gasteiger charge is -2.30.